The zero-order valence-corrected chi connectivity index (χ0v) is 17.4. The first kappa shape index (κ1) is 21.6. The molecule has 3 rings (SSSR count). The Labute approximate surface area is 176 Å². The van der Waals surface area contributed by atoms with Crippen molar-refractivity contribution in [2.45, 2.75) is 45.6 Å². The fourth-order valence-corrected chi connectivity index (χ4v) is 3.51. The number of aryl methyl sites for hydroxylation is 2. The molecule has 1 amide bonds. The van der Waals surface area contributed by atoms with E-state index < -0.39 is 5.97 Å². The van der Waals surface area contributed by atoms with Crippen LogP contribution in [0.5, 0.6) is 5.75 Å². The molecule has 0 radical (unpaired) electrons. The van der Waals surface area contributed by atoms with Crippen LogP contribution in [0.4, 0.5) is 0 Å². The maximum atomic E-state index is 12.1. The third kappa shape index (κ3) is 5.92. The lowest BCUT2D eigenvalue weighted by molar-refractivity contribution is -0.150. The summed E-state index contributed by atoms with van der Waals surface area (Å²) >= 11 is 0. The molecule has 0 fully saturated rings. The second kappa shape index (κ2) is 10.1. The van der Waals surface area contributed by atoms with E-state index in [1.165, 1.54) is 30.9 Å². The van der Waals surface area contributed by atoms with E-state index in [1.54, 1.807) is 24.3 Å². The lowest BCUT2D eigenvalue weighted by Gasteiger charge is -2.20. The Bertz CT molecular complexity index is 920. The van der Waals surface area contributed by atoms with Crippen LogP contribution in [-0.2, 0) is 27.2 Å². The lowest BCUT2D eigenvalue weighted by Crippen LogP contribution is -2.32. The van der Waals surface area contributed by atoms with E-state index in [1.807, 2.05) is 13.0 Å². The maximum absolute atomic E-state index is 12.1. The number of carbonyl (C=O) groups is 3. The Morgan fingerprint density at radius 1 is 0.967 bits per heavy atom. The van der Waals surface area contributed by atoms with Crippen LogP contribution in [0.25, 0.3) is 0 Å². The molecule has 0 spiro atoms. The molecule has 0 saturated heterocycles. The number of benzene rings is 2. The van der Waals surface area contributed by atoms with Gasteiger partial charge in [-0.2, -0.15) is 0 Å². The normalized spacial score (nSPS) is 13.7. The highest BCUT2D eigenvalue weighted by molar-refractivity contribution is 5.94. The van der Waals surface area contributed by atoms with E-state index in [0.717, 1.165) is 18.4 Å². The van der Waals surface area contributed by atoms with Gasteiger partial charge in [-0.1, -0.05) is 18.2 Å². The van der Waals surface area contributed by atoms with Crippen LogP contribution in [0.2, 0.25) is 0 Å². The number of amides is 1. The molecule has 1 N–H and O–H groups in total. The molecule has 0 heterocycles. The molecule has 0 bridgehead atoms. The second-order valence-electron chi connectivity index (χ2n) is 7.55. The number of Topliss-reactive ketones (excluding diaryl/α,β-unsaturated/α-hetero) is 1. The van der Waals surface area contributed by atoms with Crippen LogP contribution in [0.1, 0.15) is 59.8 Å². The topological polar surface area (TPSA) is 81.7 Å². The summed E-state index contributed by atoms with van der Waals surface area (Å²) in [6, 6.07) is 12.7. The van der Waals surface area contributed by atoms with E-state index in [-0.39, 0.29) is 30.9 Å². The third-order valence-electron chi connectivity index (χ3n) is 5.23. The number of esters is 1. The summed E-state index contributed by atoms with van der Waals surface area (Å²) in [5.41, 5.74) is 4.37. The van der Waals surface area contributed by atoms with Crippen molar-refractivity contribution in [1.29, 1.82) is 0 Å². The Kier molecular flexibility index (Phi) is 7.22. The molecule has 6 heteroatoms. The van der Waals surface area contributed by atoms with Gasteiger partial charge in [0.15, 0.2) is 19.0 Å². The quantitative estimate of drug-likeness (QED) is 0.532. The molecule has 0 unspecified atom stereocenters. The molecule has 1 atom stereocenters. The van der Waals surface area contributed by atoms with Crippen molar-refractivity contribution in [2.24, 2.45) is 0 Å². The van der Waals surface area contributed by atoms with Crippen molar-refractivity contribution < 1.29 is 23.9 Å². The van der Waals surface area contributed by atoms with Gasteiger partial charge in [-0.3, -0.25) is 9.59 Å². The van der Waals surface area contributed by atoms with Gasteiger partial charge in [0.05, 0.1) is 6.04 Å². The molecular weight excluding hydrogens is 382 g/mol. The van der Waals surface area contributed by atoms with Crippen molar-refractivity contribution in [3.05, 3.63) is 64.7 Å². The summed E-state index contributed by atoms with van der Waals surface area (Å²) in [5.74, 6) is -0.597. The average Bonchev–Trinajstić information content (AvgIpc) is 2.76. The predicted octanol–water partition coefficient (Wildman–Crippen LogP) is 3.57. The van der Waals surface area contributed by atoms with Crippen molar-refractivity contribution in [3.8, 4) is 5.75 Å². The fraction of sp³-hybridized carbons (Fsp3) is 0.375. The fourth-order valence-electron chi connectivity index (χ4n) is 3.51. The Hall–Kier alpha value is -3.15. The molecule has 0 saturated carbocycles. The van der Waals surface area contributed by atoms with Crippen LogP contribution >= 0.6 is 0 Å². The molecule has 0 aromatic heterocycles. The summed E-state index contributed by atoms with van der Waals surface area (Å²) in [5, 5.41) is 2.86. The number of ether oxygens (including phenoxy) is 2. The lowest BCUT2D eigenvalue weighted by atomic mass is 9.89. The monoisotopic (exact) mass is 409 g/mol. The number of hydrogen-bond donors (Lipinski definition) is 1. The Morgan fingerprint density at radius 2 is 1.67 bits per heavy atom. The van der Waals surface area contributed by atoms with E-state index in [0.29, 0.717) is 11.3 Å². The first-order valence-electron chi connectivity index (χ1n) is 10.2. The Balaban J connectivity index is 1.41. The molecular formula is C24H27NO5. The molecule has 1 aliphatic rings. The molecule has 158 valence electrons. The summed E-state index contributed by atoms with van der Waals surface area (Å²) in [6.45, 7) is 2.72. The predicted molar refractivity (Wildman–Crippen MR) is 113 cm³/mol. The molecule has 0 aliphatic heterocycles. The summed E-state index contributed by atoms with van der Waals surface area (Å²) in [6.07, 6.45) is 4.64. The first-order valence-corrected chi connectivity index (χ1v) is 10.2. The first-order chi connectivity index (χ1) is 14.4. The average molecular weight is 409 g/mol. The van der Waals surface area contributed by atoms with Gasteiger partial charge in [-0.15, -0.1) is 0 Å². The highest BCUT2D eigenvalue weighted by Gasteiger charge is 2.15. The standard InChI is InChI=1S/C24H27NO5/c1-16(20-8-7-19-5-3-4-6-21(19)13-20)25-23(27)14-30-24(28)15-29-22-11-9-18(10-12-22)17(2)26/h7-13,16H,3-6,14-15H2,1-2H3,(H,25,27)/t16-/m0/s1. The van der Waals surface area contributed by atoms with Crippen molar-refractivity contribution >= 4 is 17.7 Å². The summed E-state index contributed by atoms with van der Waals surface area (Å²) in [7, 11) is 0. The molecule has 1 aliphatic carbocycles. The largest absolute Gasteiger partial charge is 0.482 e. The number of rotatable bonds is 8. The van der Waals surface area contributed by atoms with E-state index in [2.05, 4.69) is 17.4 Å². The highest BCUT2D eigenvalue weighted by Crippen LogP contribution is 2.24. The molecule has 6 nitrogen and oxygen atoms in total. The van der Waals surface area contributed by atoms with Gasteiger partial charge in [0.2, 0.25) is 0 Å². The van der Waals surface area contributed by atoms with Crippen LogP contribution in [0.15, 0.2) is 42.5 Å². The number of ketones is 1. The van der Waals surface area contributed by atoms with Gasteiger partial charge in [0.1, 0.15) is 5.75 Å². The van der Waals surface area contributed by atoms with E-state index >= 15 is 0 Å². The van der Waals surface area contributed by atoms with Gasteiger partial charge in [0.25, 0.3) is 5.91 Å². The highest BCUT2D eigenvalue weighted by atomic mass is 16.6. The van der Waals surface area contributed by atoms with Gasteiger partial charge in [0, 0.05) is 5.56 Å². The summed E-state index contributed by atoms with van der Waals surface area (Å²) in [4.78, 5) is 35.2. The number of hydrogen-bond acceptors (Lipinski definition) is 5. The molecule has 2 aromatic rings. The number of nitrogens with one attached hydrogen (secondary N) is 1. The van der Waals surface area contributed by atoms with Gasteiger partial charge >= 0.3 is 5.97 Å². The maximum Gasteiger partial charge on any atom is 0.344 e. The molecule has 2 aromatic carbocycles. The molecule has 30 heavy (non-hydrogen) atoms. The second-order valence-corrected chi connectivity index (χ2v) is 7.55. The minimum absolute atomic E-state index is 0.0448. The minimum Gasteiger partial charge on any atom is -0.482 e. The van der Waals surface area contributed by atoms with Crippen molar-refractivity contribution in [3.63, 3.8) is 0 Å². The smallest absolute Gasteiger partial charge is 0.344 e. The summed E-state index contributed by atoms with van der Waals surface area (Å²) < 4.78 is 10.3. The van der Waals surface area contributed by atoms with Gasteiger partial charge in [-0.25, -0.2) is 4.79 Å². The van der Waals surface area contributed by atoms with Gasteiger partial charge in [-0.05, 0) is 80.5 Å². The zero-order chi connectivity index (χ0) is 21.5. The van der Waals surface area contributed by atoms with E-state index in [9.17, 15) is 14.4 Å². The van der Waals surface area contributed by atoms with Crippen molar-refractivity contribution in [2.75, 3.05) is 13.2 Å². The van der Waals surface area contributed by atoms with Gasteiger partial charge < -0.3 is 14.8 Å². The minimum atomic E-state index is -0.637. The SMILES string of the molecule is CC(=O)c1ccc(OCC(=O)OCC(=O)N[C@@H](C)c2ccc3c(c2)CCCC3)cc1. The van der Waals surface area contributed by atoms with E-state index in [4.69, 9.17) is 9.47 Å². The van der Waals surface area contributed by atoms with Crippen LogP contribution < -0.4 is 10.1 Å². The van der Waals surface area contributed by atoms with Crippen molar-refractivity contribution in [1.82, 2.24) is 5.32 Å². The third-order valence-corrected chi connectivity index (χ3v) is 5.23. The zero-order valence-electron chi connectivity index (χ0n) is 17.4. The number of carbonyl (C=O) groups excluding carboxylic acids is 3. The number of fused-ring (bicyclic) bond motifs is 1. The Morgan fingerprint density at radius 3 is 2.37 bits per heavy atom. The van der Waals surface area contributed by atoms with Crippen LogP contribution in [-0.4, -0.2) is 30.9 Å². The van der Waals surface area contributed by atoms with Crippen LogP contribution in [0, 0.1) is 0 Å². The van der Waals surface area contributed by atoms with Crippen LogP contribution in [0.3, 0.4) is 0 Å².